The summed E-state index contributed by atoms with van der Waals surface area (Å²) in [5, 5.41) is 21.4. The molecule has 1 unspecified atom stereocenters. The molecule has 4 heterocycles. The third-order valence-electron chi connectivity index (χ3n) is 5.70. The fourth-order valence-corrected chi connectivity index (χ4v) is 4.04. The number of aliphatic hydroxyl groups is 1. The lowest BCUT2D eigenvalue weighted by Crippen LogP contribution is -2.58. The van der Waals surface area contributed by atoms with Crippen molar-refractivity contribution in [1.29, 1.82) is 0 Å². The van der Waals surface area contributed by atoms with Crippen LogP contribution in [0.2, 0.25) is 0 Å². The molecule has 0 aromatic carbocycles. The molecule has 1 aromatic heterocycles. The highest BCUT2D eigenvalue weighted by molar-refractivity contribution is 5.80. The van der Waals surface area contributed by atoms with Crippen LogP contribution in [-0.4, -0.2) is 56.1 Å². The highest BCUT2D eigenvalue weighted by Gasteiger charge is 2.44. The van der Waals surface area contributed by atoms with Gasteiger partial charge >= 0.3 is 0 Å². The van der Waals surface area contributed by atoms with Crippen LogP contribution in [0.25, 0.3) is 0 Å². The average molecular weight is 333 g/mol. The summed E-state index contributed by atoms with van der Waals surface area (Å²) in [6, 6.07) is 0.851. The van der Waals surface area contributed by atoms with Crippen LogP contribution in [0.15, 0.2) is 6.20 Å². The summed E-state index contributed by atoms with van der Waals surface area (Å²) in [4.78, 5) is 14.9. The van der Waals surface area contributed by atoms with Crippen LogP contribution >= 0.6 is 0 Å². The maximum absolute atomic E-state index is 12.4. The molecule has 4 atom stereocenters. The minimum atomic E-state index is -0.962. The van der Waals surface area contributed by atoms with Gasteiger partial charge < -0.3 is 10.4 Å². The van der Waals surface area contributed by atoms with Crippen molar-refractivity contribution in [2.24, 2.45) is 11.8 Å². The molecule has 2 bridgehead atoms. The smallest absolute Gasteiger partial charge is 0.224 e. The van der Waals surface area contributed by atoms with Crippen molar-refractivity contribution in [3.05, 3.63) is 11.9 Å². The average Bonchev–Trinajstić information content (AvgIpc) is 3.21. The van der Waals surface area contributed by atoms with E-state index in [0.717, 1.165) is 45.3 Å². The van der Waals surface area contributed by atoms with Crippen LogP contribution in [0, 0.1) is 11.8 Å². The van der Waals surface area contributed by atoms with E-state index in [0.29, 0.717) is 23.7 Å². The van der Waals surface area contributed by atoms with Gasteiger partial charge in [0.25, 0.3) is 0 Å². The number of nitrogens with zero attached hydrogens (tertiary/aromatic N) is 4. The zero-order chi connectivity index (χ0) is 16.9. The second kappa shape index (κ2) is 5.81. The first kappa shape index (κ1) is 16.0. The topological polar surface area (TPSA) is 83.3 Å². The number of carbonyl (C=O) groups excluding carboxylic acids is 1. The molecule has 0 radical (unpaired) electrons. The van der Waals surface area contributed by atoms with Crippen LogP contribution in [0.5, 0.6) is 0 Å². The quantitative estimate of drug-likeness (QED) is 0.820. The number of hydrogen-bond donors (Lipinski definition) is 2. The Morgan fingerprint density at radius 3 is 2.79 bits per heavy atom. The predicted molar refractivity (Wildman–Crippen MR) is 88.0 cm³/mol. The van der Waals surface area contributed by atoms with Gasteiger partial charge in [0.15, 0.2) is 0 Å². The van der Waals surface area contributed by atoms with Gasteiger partial charge in [0.05, 0.1) is 18.7 Å². The molecule has 1 amide bonds. The molecule has 2 N–H and O–H groups in total. The van der Waals surface area contributed by atoms with Crippen molar-refractivity contribution in [2.75, 3.05) is 13.1 Å². The summed E-state index contributed by atoms with van der Waals surface area (Å²) in [5.74, 6) is 0.894. The summed E-state index contributed by atoms with van der Waals surface area (Å²) < 4.78 is 1.83. The van der Waals surface area contributed by atoms with Crippen LogP contribution in [0.3, 0.4) is 0 Å². The molecule has 132 valence electrons. The second-order valence-electron chi connectivity index (χ2n) is 8.21. The molecule has 4 aliphatic rings. The Labute approximate surface area is 142 Å². The van der Waals surface area contributed by atoms with Gasteiger partial charge in [0, 0.05) is 18.6 Å². The van der Waals surface area contributed by atoms with Crippen LogP contribution < -0.4 is 5.32 Å². The molecule has 7 heteroatoms. The van der Waals surface area contributed by atoms with Crippen LogP contribution in [0.4, 0.5) is 0 Å². The standard InChI is InChI=1S/C17H27N5O2/c1-17(2,24)15-10-22(20-19-15)8-13-7-11-5-6-21(13)9-14(11)16(23)18-12-3-4-12/h10-14,24H,3-9H2,1-2H3,(H,18,23)/t11-,13-,14+/m1/s1. The number of aromatic nitrogens is 3. The lowest BCUT2D eigenvalue weighted by molar-refractivity contribution is -0.133. The van der Waals surface area contributed by atoms with Crippen LogP contribution in [-0.2, 0) is 16.9 Å². The Balaban J connectivity index is 1.38. The minimum absolute atomic E-state index is 0.151. The summed E-state index contributed by atoms with van der Waals surface area (Å²) in [6.07, 6.45) is 6.28. The molecule has 4 fully saturated rings. The van der Waals surface area contributed by atoms with E-state index in [-0.39, 0.29) is 11.8 Å². The lowest BCUT2D eigenvalue weighted by atomic mass is 9.75. The van der Waals surface area contributed by atoms with Gasteiger partial charge in [-0.25, -0.2) is 0 Å². The van der Waals surface area contributed by atoms with Gasteiger partial charge in [-0.1, -0.05) is 5.21 Å². The van der Waals surface area contributed by atoms with Crippen molar-refractivity contribution in [1.82, 2.24) is 25.2 Å². The van der Waals surface area contributed by atoms with E-state index >= 15 is 0 Å². The number of carbonyl (C=O) groups is 1. The fraction of sp³-hybridized carbons (Fsp3) is 0.824. The van der Waals surface area contributed by atoms with Crippen molar-refractivity contribution >= 4 is 5.91 Å². The zero-order valence-electron chi connectivity index (χ0n) is 14.5. The van der Waals surface area contributed by atoms with E-state index in [1.165, 1.54) is 0 Å². The largest absolute Gasteiger partial charge is 0.384 e. The highest BCUT2D eigenvalue weighted by atomic mass is 16.3. The lowest BCUT2D eigenvalue weighted by Gasteiger charge is -2.49. The van der Waals surface area contributed by atoms with E-state index in [2.05, 4.69) is 20.5 Å². The van der Waals surface area contributed by atoms with E-state index in [1.807, 2.05) is 10.9 Å². The monoisotopic (exact) mass is 333 g/mol. The molecule has 0 spiro atoms. The molecular formula is C17H27N5O2. The Morgan fingerprint density at radius 2 is 2.21 bits per heavy atom. The van der Waals surface area contributed by atoms with Crippen molar-refractivity contribution in [3.8, 4) is 0 Å². The summed E-state index contributed by atoms with van der Waals surface area (Å²) in [7, 11) is 0. The number of piperidine rings is 3. The Kier molecular flexibility index (Phi) is 3.88. The van der Waals surface area contributed by atoms with E-state index < -0.39 is 5.60 Å². The summed E-state index contributed by atoms with van der Waals surface area (Å²) in [6.45, 7) is 6.14. The van der Waals surface area contributed by atoms with E-state index in [9.17, 15) is 9.90 Å². The molecule has 3 saturated heterocycles. The number of nitrogens with one attached hydrogen (secondary N) is 1. The molecule has 7 nitrogen and oxygen atoms in total. The highest BCUT2D eigenvalue weighted by Crippen LogP contribution is 2.37. The maximum Gasteiger partial charge on any atom is 0.224 e. The zero-order valence-corrected chi connectivity index (χ0v) is 14.5. The number of rotatable bonds is 5. The number of amides is 1. The van der Waals surface area contributed by atoms with E-state index in [4.69, 9.17) is 0 Å². The Bertz CT molecular complexity index is 619. The molecule has 1 aromatic rings. The SMILES string of the molecule is CC(C)(O)c1cn(C[C@H]2C[C@H]3CCN2C[C@@H]3C(=O)NC2CC2)nn1. The molecule has 1 aliphatic carbocycles. The van der Waals surface area contributed by atoms with Gasteiger partial charge in [0.1, 0.15) is 11.3 Å². The van der Waals surface area contributed by atoms with Crippen molar-refractivity contribution < 1.29 is 9.90 Å². The van der Waals surface area contributed by atoms with Gasteiger partial charge in [0.2, 0.25) is 5.91 Å². The molecular weight excluding hydrogens is 306 g/mol. The minimum Gasteiger partial charge on any atom is -0.384 e. The van der Waals surface area contributed by atoms with E-state index in [1.54, 1.807) is 13.8 Å². The first-order valence-electron chi connectivity index (χ1n) is 9.07. The Hall–Kier alpha value is -1.47. The third kappa shape index (κ3) is 3.19. The molecule has 1 saturated carbocycles. The van der Waals surface area contributed by atoms with Crippen LogP contribution in [0.1, 0.15) is 45.2 Å². The predicted octanol–water partition coefficient (Wildman–Crippen LogP) is 0.495. The van der Waals surface area contributed by atoms with Gasteiger partial charge in [-0.2, -0.15) is 0 Å². The van der Waals surface area contributed by atoms with Gasteiger partial charge in [-0.3, -0.25) is 14.4 Å². The van der Waals surface area contributed by atoms with Crippen molar-refractivity contribution in [3.63, 3.8) is 0 Å². The third-order valence-corrected chi connectivity index (χ3v) is 5.70. The first-order chi connectivity index (χ1) is 11.4. The fourth-order valence-electron chi connectivity index (χ4n) is 4.04. The molecule has 3 aliphatic heterocycles. The summed E-state index contributed by atoms with van der Waals surface area (Å²) >= 11 is 0. The Morgan fingerprint density at radius 1 is 1.42 bits per heavy atom. The van der Waals surface area contributed by atoms with Gasteiger partial charge in [-0.15, -0.1) is 5.10 Å². The maximum atomic E-state index is 12.4. The second-order valence-corrected chi connectivity index (χ2v) is 8.21. The molecule has 5 rings (SSSR count). The van der Waals surface area contributed by atoms with Crippen molar-refractivity contribution in [2.45, 2.75) is 63.8 Å². The molecule has 24 heavy (non-hydrogen) atoms. The normalized spacial score (nSPS) is 32.8. The van der Waals surface area contributed by atoms with Gasteiger partial charge in [-0.05, 0) is 52.0 Å². The first-order valence-corrected chi connectivity index (χ1v) is 9.07. The number of hydrogen-bond acceptors (Lipinski definition) is 5. The number of fused-ring (bicyclic) bond motifs is 3. The summed E-state index contributed by atoms with van der Waals surface area (Å²) in [5.41, 5.74) is -0.365.